The smallest absolute Gasteiger partial charge is 0.318 e. The molecule has 3 amide bonds. The van der Waals surface area contributed by atoms with Crippen LogP contribution in [-0.2, 0) is 4.79 Å². The van der Waals surface area contributed by atoms with Crippen molar-refractivity contribution < 1.29 is 9.59 Å². The fraction of sp³-hybridized carbons (Fsp3) is 0.143. The number of aromatic nitrogens is 2. The topological polar surface area (TPSA) is 124 Å². The molecule has 0 bridgehead atoms. The monoisotopic (exact) mass is 227 g/mol. The van der Waals surface area contributed by atoms with E-state index in [1.165, 1.54) is 12.4 Å². The molecule has 1 aromatic heterocycles. The molecule has 0 aliphatic carbocycles. The summed E-state index contributed by atoms with van der Waals surface area (Å²) in [5.41, 5.74) is 10.2. The van der Waals surface area contributed by atoms with Gasteiger partial charge < -0.3 is 11.5 Å². The second-order valence-electron chi connectivity index (χ2n) is 2.45. The first-order chi connectivity index (χ1) is 7.09. The highest BCUT2D eigenvalue weighted by molar-refractivity contribution is 8.00. The Labute approximate surface area is 89.6 Å². The van der Waals surface area contributed by atoms with Gasteiger partial charge in [-0.25, -0.2) is 14.8 Å². The van der Waals surface area contributed by atoms with Crippen molar-refractivity contribution in [1.82, 2.24) is 15.3 Å². The molecule has 7 nitrogen and oxygen atoms in total. The van der Waals surface area contributed by atoms with Crippen LogP contribution in [-0.4, -0.2) is 27.7 Å². The molecule has 0 aliphatic rings. The number of amides is 3. The van der Waals surface area contributed by atoms with Crippen LogP contribution in [0.15, 0.2) is 17.4 Å². The molecule has 15 heavy (non-hydrogen) atoms. The normalized spacial score (nSPS) is 9.60. The van der Waals surface area contributed by atoms with E-state index in [1.54, 1.807) is 0 Å². The van der Waals surface area contributed by atoms with E-state index in [4.69, 9.17) is 11.5 Å². The van der Waals surface area contributed by atoms with Crippen molar-refractivity contribution in [1.29, 1.82) is 0 Å². The van der Waals surface area contributed by atoms with Crippen molar-refractivity contribution in [3.8, 4) is 0 Å². The predicted molar refractivity (Wildman–Crippen MR) is 54.9 cm³/mol. The SMILES string of the molecule is NC(=O)NC(=O)CSc1nccnc1N. The molecule has 0 aliphatic heterocycles. The van der Waals surface area contributed by atoms with Crippen LogP contribution in [0.2, 0.25) is 0 Å². The van der Waals surface area contributed by atoms with Crippen LogP contribution in [0, 0.1) is 0 Å². The molecule has 0 radical (unpaired) electrons. The molecule has 0 spiro atoms. The fourth-order valence-electron chi connectivity index (χ4n) is 0.755. The van der Waals surface area contributed by atoms with Crippen LogP contribution < -0.4 is 16.8 Å². The van der Waals surface area contributed by atoms with Gasteiger partial charge in [0, 0.05) is 12.4 Å². The maximum Gasteiger partial charge on any atom is 0.318 e. The molecule has 0 unspecified atom stereocenters. The summed E-state index contributed by atoms with van der Waals surface area (Å²) in [6, 6.07) is -0.882. The maximum absolute atomic E-state index is 11.0. The first kappa shape index (κ1) is 11.2. The number of hydrogen-bond acceptors (Lipinski definition) is 6. The number of urea groups is 1. The number of rotatable bonds is 3. The largest absolute Gasteiger partial charge is 0.381 e. The third kappa shape index (κ3) is 3.81. The Morgan fingerprint density at radius 1 is 1.40 bits per heavy atom. The summed E-state index contributed by atoms with van der Waals surface area (Å²) < 4.78 is 0. The quantitative estimate of drug-likeness (QED) is 0.589. The standard InChI is InChI=1S/C7H9N5O2S/c8-5-6(11-2-1-10-5)15-3-4(13)12-7(9)14/h1-2H,3H2,(H2,8,10)(H3,9,12,13,14). The zero-order valence-electron chi connectivity index (χ0n) is 7.64. The predicted octanol–water partition coefficient (Wildman–Crippen LogP) is -0.654. The van der Waals surface area contributed by atoms with Gasteiger partial charge in [-0.2, -0.15) is 0 Å². The number of nitrogen functional groups attached to an aromatic ring is 1. The Hall–Kier alpha value is -1.83. The summed E-state index contributed by atoms with van der Waals surface area (Å²) in [4.78, 5) is 29.0. The molecule has 0 saturated heterocycles. The summed E-state index contributed by atoms with van der Waals surface area (Å²) in [6.07, 6.45) is 2.91. The van der Waals surface area contributed by atoms with Crippen LogP contribution in [0.5, 0.6) is 0 Å². The molecular formula is C7H9N5O2S. The van der Waals surface area contributed by atoms with Gasteiger partial charge in [-0.15, -0.1) is 0 Å². The van der Waals surface area contributed by atoms with Gasteiger partial charge in [-0.05, 0) is 0 Å². The van der Waals surface area contributed by atoms with E-state index < -0.39 is 11.9 Å². The van der Waals surface area contributed by atoms with E-state index in [-0.39, 0.29) is 11.6 Å². The van der Waals surface area contributed by atoms with Gasteiger partial charge in [0.2, 0.25) is 5.91 Å². The van der Waals surface area contributed by atoms with Crippen LogP contribution in [0.25, 0.3) is 0 Å². The molecule has 8 heteroatoms. The van der Waals surface area contributed by atoms with Crippen LogP contribution in [0.1, 0.15) is 0 Å². The number of hydrogen-bond donors (Lipinski definition) is 3. The summed E-state index contributed by atoms with van der Waals surface area (Å²) in [5, 5.41) is 2.36. The lowest BCUT2D eigenvalue weighted by atomic mass is 10.7. The second-order valence-corrected chi connectivity index (χ2v) is 3.41. The van der Waals surface area contributed by atoms with E-state index in [0.29, 0.717) is 5.03 Å². The molecule has 1 aromatic rings. The Kier molecular flexibility index (Phi) is 3.86. The number of carbonyl (C=O) groups excluding carboxylic acids is 2. The number of nitrogens with one attached hydrogen (secondary N) is 1. The first-order valence-electron chi connectivity index (χ1n) is 3.88. The molecule has 1 rings (SSSR count). The lowest BCUT2D eigenvalue weighted by molar-refractivity contribution is -0.117. The van der Waals surface area contributed by atoms with Crippen molar-refractivity contribution in [3.05, 3.63) is 12.4 Å². The highest BCUT2D eigenvalue weighted by Crippen LogP contribution is 2.18. The lowest BCUT2D eigenvalue weighted by Crippen LogP contribution is -2.36. The van der Waals surface area contributed by atoms with Gasteiger partial charge in [0.25, 0.3) is 0 Å². The summed E-state index contributed by atoms with van der Waals surface area (Å²) in [6.45, 7) is 0. The number of anilines is 1. The molecule has 0 atom stereocenters. The molecule has 0 aromatic carbocycles. The van der Waals surface area contributed by atoms with Crippen molar-refractivity contribution in [2.75, 3.05) is 11.5 Å². The van der Waals surface area contributed by atoms with Crippen molar-refractivity contribution >= 4 is 29.5 Å². The number of carbonyl (C=O) groups is 2. The van der Waals surface area contributed by atoms with Gasteiger partial charge in [0.15, 0.2) is 5.82 Å². The van der Waals surface area contributed by atoms with Crippen LogP contribution in [0.3, 0.4) is 0 Å². The second kappa shape index (κ2) is 5.15. The van der Waals surface area contributed by atoms with E-state index in [1.807, 2.05) is 5.32 Å². The van der Waals surface area contributed by atoms with Gasteiger partial charge in [0.05, 0.1) is 5.75 Å². The van der Waals surface area contributed by atoms with Crippen molar-refractivity contribution in [2.24, 2.45) is 5.73 Å². The molecule has 80 valence electrons. The van der Waals surface area contributed by atoms with Gasteiger partial charge >= 0.3 is 6.03 Å². The molecule has 0 saturated carbocycles. The maximum atomic E-state index is 11.0. The van der Waals surface area contributed by atoms with E-state index in [9.17, 15) is 9.59 Å². The first-order valence-corrected chi connectivity index (χ1v) is 4.86. The summed E-state index contributed by atoms with van der Waals surface area (Å²) in [5.74, 6) is -0.252. The van der Waals surface area contributed by atoms with Crippen LogP contribution >= 0.6 is 11.8 Å². The molecule has 1 heterocycles. The Balaban J connectivity index is 2.47. The van der Waals surface area contributed by atoms with Crippen molar-refractivity contribution in [3.63, 3.8) is 0 Å². The van der Waals surface area contributed by atoms with E-state index >= 15 is 0 Å². The van der Waals surface area contributed by atoms with Crippen molar-refractivity contribution in [2.45, 2.75) is 5.03 Å². The minimum Gasteiger partial charge on any atom is -0.381 e. The van der Waals surface area contributed by atoms with Gasteiger partial charge in [0.1, 0.15) is 5.03 Å². The zero-order chi connectivity index (χ0) is 11.3. The molecular weight excluding hydrogens is 218 g/mol. The Morgan fingerprint density at radius 3 is 2.67 bits per heavy atom. The highest BCUT2D eigenvalue weighted by atomic mass is 32.2. The summed E-state index contributed by atoms with van der Waals surface area (Å²) >= 11 is 1.08. The molecule has 0 fully saturated rings. The van der Waals surface area contributed by atoms with E-state index in [0.717, 1.165) is 11.8 Å². The minimum absolute atomic E-state index is 0.00579. The van der Waals surface area contributed by atoms with Crippen LogP contribution in [0.4, 0.5) is 10.6 Å². The fourth-order valence-corrected chi connectivity index (χ4v) is 1.43. The van der Waals surface area contributed by atoms with E-state index in [2.05, 4.69) is 9.97 Å². The average molecular weight is 227 g/mol. The van der Waals surface area contributed by atoms with Gasteiger partial charge in [-0.1, -0.05) is 11.8 Å². The highest BCUT2D eigenvalue weighted by Gasteiger charge is 2.07. The third-order valence-electron chi connectivity index (χ3n) is 1.29. The average Bonchev–Trinajstić information content (AvgIpc) is 2.15. The zero-order valence-corrected chi connectivity index (χ0v) is 8.45. The Morgan fingerprint density at radius 2 is 2.07 bits per heavy atom. The number of primary amides is 1. The number of imide groups is 1. The minimum atomic E-state index is -0.882. The molecule has 5 N–H and O–H groups in total. The Bertz CT molecular complexity index is 383. The number of nitrogens with zero attached hydrogens (tertiary/aromatic N) is 2. The number of nitrogens with two attached hydrogens (primary N) is 2. The lowest BCUT2D eigenvalue weighted by Gasteiger charge is -2.02. The third-order valence-corrected chi connectivity index (χ3v) is 2.29. The van der Waals surface area contributed by atoms with Gasteiger partial charge in [-0.3, -0.25) is 10.1 Å². The number of thioether (sulfide) groups is 1. The summed E-state index contributed by atoms with van der Waals surface area (Å²) in [7, 11) is 0.